The summed E-state index contributed by atoms with van der Waals surface area (Å²) < 4.78 is 0. The summed E-state index contributed by atoms with van der Waals surface area (Å²) in [4.78, 5) is 25.3. The highest BCUT2D eigenvalue weighted by atomic mass is 32.1. The van der Waals surface area contributed by atoms with Crippen molar-refractivity contribution in [1.82, 2.24) is 10.2 Å². The molecule has 7 heteroatoms. The van der Waals surface area contributed by atoms with Gasteiger partial charge >= 0.3 is 12.1 Å². The number of thiophene rings is 1. The van der Waals surface area contributed by atoms with Gasteiger partial charge in [-0.05, 0) is 35.6 Å². The monoisotopic (exact) mass is 339 g/mol. The molecule has 0 saturated heterocycles. The number of allylic oxidation sites excluding steroid dienone is 1. The number of amides is 3. The summed E-state index contributed by atoms with van der Waals surface area (Å²) in [6.45, 7) is 1.59. The molecule has 0 aliphatic carbocycles. The van der Waals surface area contributed by atoms with Gasteiger partial charge in [-0.1, -0.05) is 24.3 Å². The molecule has 3 amide bonds. The SMILES string of the molecule is CC1=C(C#N)C(c2cccc(-c3cccs3)c2)N(C(=O)O)C(=O)N1. The average Bonchev–Trinajstić information content (AvgIpc) is 3.08. The molecule has 0 spiro atoms. The first-order valence-corrected chi connectivity index (χ1v) is 7.98. The Kier molecular flexibility index (Phi) is 4.06. The van der Waals surface area contributed by atoms with Gasteiger partial charge in [-0.2, -0.15) is 5.26 Å². The molecule has 1 aromatic carbocycles. The van der Waals surface area contributed by atoms with E-state index < -0.39 is 18.2 Å². The summed E-state index contributed by atoms with van der Waals surface area (Å²) in [7, 11) is 0. The maximum Gasteiger partial charge on any atom is 0.416 e. The van der Waals surface area contributed by atoms with E-state index in [0.717, 1.165) is 10.4 Å². The second-order valence-corrected chi connectivity index (χ2v) is 6.19. The van der Waals surface area contributed by atoms with E-state index >= 15 is 0 Å². The number of carbonyl (C=O) groups excluding carboxylic acids is 1. The van der Waals surface area contributed by atoms with E-state index in [1.807, 2.05) is 35.7 Å². The molecule has 2 heterocycles. The third-order valence-electron chi connectivity index (χ3n) is 3.78. The van der Waals surface area contributed by atoms with Crippen LogP contribution in [0.2, 0.25) is 0 Å². The minimum absolute atomic E-state index is 0.209. The fraction of sp³-hybridized carbons (Fsp3) is 0.118. The Morgan fingerprint density at radius 2 is 2.17 bits per heavy atom. The molecular weight excluding hydrogens is 326 g/mol. The molecule has 24 heavy (non-hydrogen) atoms. The number of nitrogens with one attached hydrogen (secondary N) is 1. The lowest BCUT2D eigenvalue weighted by atomic mass is 9.93. The van der Waals surface area contributed by atoms with Crippen molar-refractivity contribution in [1.29, 1.82) is 5.26 Å². The summed E-state index contributed by atoms with van der Waals surface area (Å²) in [5.74, 6) is 0. The molecular formula is C17H13N3O3S. The third kappa shape index (κ3) is 2.64. The number of benzene rings is 1. The van der Waals surface area contributed by atoms with Crippen LogP contribution in [-0.2, 0) is 0 Å². The highest BCUT2D eigenvalue weighted by Gasteiger charge is 2.38. The molecule has 0 bridgehead atoms. The maximum atomic E-state index is 12.1. The van der Waals surface area contributed by atoms with E-state index in [2.05, 4.69) is 5.32 Å². The summed E-state index contributed by atoms with van der Waals surface area (Å²) in [6.07, 6.45) is -1.40. The van der Waals surface area contributed by atoms with E-state index in [1.54, 1.807) is 30.4 Å². The molecule has 2 aromatic rings. The van der Waals surface area contributed by atoms with Crippen LogP contribution in [0, 0.1) is 11.3 Å². The number of imide groups is 1. The number of rotatable bonds is 2. The van der Waals surface area contributed by atoms with E-state index in [4.69, 9.17) is 0 Å². The van der Waals surface area contributed by atoms with Gasteiger partial charge in [0.25, 0.3) is 0 Å². The Bertz CT molecular complexity index is 881. The normalized spacial score (nSPS) is 17.4. The first-order chi connectivity index (χ1) is 11.5. The Morgan fingerprint density at radius 3 is 2.79 bits per heavy atom. The predicted molar refractivity (Wildman–Crippen MR) is 89.2 cm³/mol. The van der Waals surface area contributed by atoms with Crippen LogP contribution in [0.25, 0.3) is 10.4 Å². The van der Waals surface area contributed by atoms with Crippen LogP contribution < -0.4 is 5.32 Å². The highest BCUT2D eigenvalue weighted by Crippen LogP contribution is 2.35. The second-order valence-electron chi connectivity index (χ2n) is 5.24. The van der Waals surface area contributed by atoms with Gasteiger partial charge in [-0.15, -0.1) is 11.3 Å². The Balaban J connectivity index is 2.15. The van der Waals surface area contributed by atoms with Crippen LogP contribution in [0.5, 0.6) is 0 Å². The number of hydrogen-bond donors (Lipinski definition) is 2. The third-order valence-corrected chi connectivity index (χ3v) is 4.70. The van der Waals surface area contributed by atoms with Crippen molar-refractivity contribution in [2.75, 3.05) is 0 Å². The molecule has 0 saturated carbocycles. The fourth-order valence-electron chi connectivity index (χ4n) is 2.70. The summed E-state index contributed by atoms with van der Waals surface area (Å²) in [6, 6.07) is 11.4. The Labute approximate surface area is 142 Å². The van der Waals surface area contributed by atoms with Crippen molar-refractivity contribution in [3.8, 4) is 16.5 Å². The fourth-order valence-corrected chi connectivity index (χ4v) is 3.43. The van der Waals surface area contributed by atoms with Gasteiger partial charge in [0.15, 0.2) is 0 Å². The van der Waals surface area contributed by atoms with Crippen LogP contribution in [0.15, 0.2) is 53.0 Å². The Morgan fingerprint density at radius 1 is 1.38 bits per heavy atom. The molecule has 2 N–H and O–H groups in total. The standard InChI is InChI=1S/C17H13N3O3S/c1-10-13(9-18)15(20(17(22)23)16(21)19-10)12-5-2-4-11(8-12)14-6-3-7-24-14/h2-8,15H,1H3,(H,19,21)(H,22,23). The number of nitriles is 1. The van der Waals surface area contributed by atoms with Gasteiger partial charge in [0, 0.05) is 10.6 Å². The zero-order valence-corrected chi connectivity index (χ0v) is 13.5. The van der Waals surface area contributed by atoms with E-state index in [-0.39, 0.29) is 5.57 Å². The summed E-state index contributed by atoms with van der Waals surface area (Å²) >= 11 is 1.56. The quantitative estimate of drug-likeness (QED) is 0.866. The topological polar surface area (TPSA) is 93.4 Å². The van der Waals surface area contributed by atoms with E-state index in [9.17, 15) is 20.0 Å². The lowest BCUT2D eigenvalue weighted by Crippen LogP contribution is -2.49. The molecule has 1 unspecified atom stereocenters. The van der Waals surface area contributed by atoms with Gasteiger partial charge in [0.1, 0.15) is 6.04 Å². The van der Waals surface area contributed by atoms with Crippen LogP contribution in [0.3, 0.4) is 0 Å². The van der Waals surface area contributed by atoms with E-state index in [0.29, 0.717) is 16.2 Å². The molecule has 3 rings (SSSR count). The number of urea groups is 1. The van der Waals surface area contributed by atoms with Crippen molar-refractivity contribution in [3.63, 3.8) is 0 Å². The zero-order chi connectivity index (χ0) is 17.3. The van der Waals surface area contributed by atoms with Crippen LogP contribution in [0.4, 0.5) is 9.59 Å². The Hall–Kier alpha value is -3.11. The highest BCUT2D eigenvalue weighted by molar-refractivity contribution is 7.13. The van der Waals surface area contributed by atoms with Crippen molar-refractivity contribution >= 4 is 23.5 Å². The van der Waals surface area contributed by atoms with Crippen LogP contribution in [-0.4, -0.2) is 22.1 Å². The number of nitrogens with zero attached hydrogens (tertiary/aromatic N) is 2. The van der Waals surface area contributed by atoms with Crippen molar-refractivity contribution in [2.45, 2.75) is 13.0 Å². The van der Waals surface area contributed by atoms with Gasteiger partial charge in [-0.3, -0.25) is 0 Å². The molecule has 1 aliphatic rings. The lowest BCUT2D eigenvalue weighted by molar-refractivity contribution is 0.136. The summed E-state index contributed by atoms with van der Waals surface area (Å²) in [5, 5.41) is 23.3. The first kappa shape index (κ1) is 15.8. The van der Waals surface area contributed by atoms with Crippen molar-refractivity contribution < 1.29 is 14.7 Å². The predicted octanol–water partition coefficient (Wildman–Crippen LogP) is 3.96. The van der Waals surface area contributed by atoms with Gasteiger partial charge < -0.3 is 10.4 Å². The molecule has 1 aliphatic heterocycles. The largest absolute Gasteiger partial charge is 0.465 e. The number of carbonyl (C=O) groups is 2. The summed E-state index contributed by atoms with van der Waals surface area (Å²) in [5.41, 5.74) is 2.06. The minimum atomic E-state index is -1.40. The zero-order valence-electron chi connectivity index (χ0n) is 12.7. The molecule has 0 fully saturated rings. The average molecular weight is 339 g/mol. The maximum absolute atomic E-state index is 12.1. The van der Waals surface area contributed by atoms with Crippen LogP contribution >= 0.6 is 11.3 Å². The molecule has 120 valence electrons. The molecule has 1 aromatic heterocycles. The van der Waals surface area contributed by atoms with Gasteiger partial charge in [-0.25, -0.2) is 14.5 Å². The smallest absolute Gasteiger partial charge is 0.416 e. The van der Waals surface area contributed by atoms with Gasteiger partial charge in [0.2, 0.25) is 0 Å². The van der Waals surface area contributed by atoms with Crippen molar-refractivity contribution in [2.24, 2.45) is 0 Å². The van der Waals surface area contributed by atoms with E-state index in [1.165, 1.54) is 0 Å². The minimum Gasteiger partial charge on any atom is -0.465 e. The van der Waals surface area contributed by atoms with Gasteiger partial charge in [0.05, 0.1) is 11.6 Å². The lowest BCUT2D eigenvalue weighted by Gasteiger charge is -2.33. The number of carboxylic acid groups (broad SMARTS) is 1. The molecule has 6 nitrogen and oxygen atoms in total. The molecule has 0 radical (unpaired) electrons. The molecule has 1 atom stereocenters. The van der Waals surface area contributed by atoms with Crippen molar-refractivity contribution in [3.05, 3.63) is 58.6 Å². The number of hydrogen-bond acceptors (Lipinski definition) is 4. The van der Waals surface area contributed by atoms with Crippen LogP contribution in [0.1, 0.15) is 18.5 Å². The first-order valence-electron chi connectivity index (χ1n) is 7.10. The second kappa shape index (κ2) is 6.18.